The van der Waals surface area contributed by atoms with Gasteiger partial charge in [-0.15, -0.1) is 0 Å². The molecule has 2 aromatic carbocycles. The second-order valence-electron chi connectivity index (χ2n) is 7.28. The summed E-state index contributed by atoms with van der Waals surface area (Å²) in [4.78, 5) is 19.3. The summed E-state index contributed by atoms with van der Waals surface area (Å²) in [7, 11) is 1.51. The quantitative estimate of drug-likeness (QED) is 0.457. The molecule has 6 nitrogen and oxygen atoms in total. The zero-order valence-corrected chi connectivity index (χ0v) is 19.9. The number of methoxy groups -OCH3 is 1. The molecule has 2 aromatic rings. The first-order valence-corrected chi connectivity index (χ1v) is 11.5. The third-order valence-corrected chi connectivity index (χ3v) is 6.21. The van der Waals surface area contributed by atoms with Crippen molar-refractivity contribution in [1.29, 1.82) is 0 Å². The third-order valence-electron chi connectivity index (χ3n) is 5.16. The summed E-state index contributed by atoms with van der Waals surface area (Å²) in [5.74, 6) is -0.0460. The number of allylic oxidation sites excluding steroid dienone is 1. The van der Waals surface area contributed by atoms with Crippen molar-refractivity contribution in [2.24, 2.45) is 4.99 Å². The fourth-order valence-electron chi connectivity index (χ4n) is 3.72. The number of nitrogens with zero attached hydrogens (tertiary/aromatic N) is 2. The van der Waals surface area contributed by atoms with Crippen molar-refractivity contribution in [2.75, 3.05) is 13.7 Å². The molecule has 0 radical (unpaired) electrons. The molecule has 2 aliphatic rings. The van der Waals surface area contributed by atoms with Crippen molar-refractivity contribution in [3.8, 4) is 11.5 Å². The van der Waals surface area contributed by atoms with Gasteiger partial charge in [0.1, 0.15) is 12.4 Å². The van der Waals surface area contributed by atoms with Gasteiger partial charge in [0.15, 0.2) is 16.7 Å². The number of hydrogen-bond acceptors (Lipinski definition) is 7. The zero-order valence-electron chi connectivity index (χ0n) is 18.3. The standard InChI is InChI=1S/C24H22ClFN2O4S/c1-4-31-23(29)20-14(2)27-24-28(8-9-33-24)21(20)16-11-18(25)22(19(12-16)30-3)32-13-15-6-5-7-17(26)10-15/h5-12,21H,4,13H2,1-3H3/t21-/m1/s1. The maximum absolute atomic E-state index is 13.5. The molecule has 0 aromatic heterocycles. The Hall–Kier alpha value is -2.97. The van der Waals surface area contributed by atoms with Crippen LogP contribution in [0.3, 0.4) is 0 Å². The SMILES string of the molecule is CCOC(=O)C1=C(C)N=C2SC=CN2[C@@H]1c1cc(Cl)c(OCc2cccc(F)c2)c(OC)c1. The van der Waals surface area contributed by atoms with Crippen LogP contribution in [-0.4, -0.2) is 29.8 Å². The highest BCUT2D eigenvalue weighted by Crippen LogP contribution is 2.45. The number of amidine groups is 1. The van der Waals surface area contributed by atoms with Gasteiger partial charge in [-0.3, -0.25) is 0 Å². The molecule has 2 heterocycles. The first kappa shape index (κ1) is 23.2. The van der Waals surface area contributed by atoms with Gasteiger partial charge in [0.05, 0.1) is 36.1 Å². The van der Waals surface area contributed by atoms with Crippen LogP contribution in [0.25, 0.3) is 0 Å². The average Bonchev–Trinajstić information content (AvgIpc) is 3.25. The van der Waals surface area contributed by atoms with Gasteiger partial charge in [-0.05, 0) is 54.6 Å². The van der Waals surface area contributed by atoms with Gasteiger partial charge in [0.2, 0.25) is 0 Å². The highest BCUT2D eigenvalue weighted by atomic mass is 35.5. The van der Waals surface area contributed by atoms with Gasteiger partial charge in [0.25, 0.3) is 0 Å². The number of rotatable bonds is 7. The molecule has 0 saturated carbocycles. The Morgan fingerprint density at radius 3 is 2.85 bits per heavy atom. The van der Waals surface area contributed by atoms with E-state index in [1.165, 1.54) is 31.0 Å². The molecule has 0 spiro atoms. The molecule has 172 valence electrons. The molecule has 33 heavy (non-hydrogen) atoms. The Kier molecular flexibility index (Phi) is 6.95. The fourth-order valence-corrected chi connectivity index (χ4v) is 4.78. The second kappa shape index (κ2) is 9.89. The van der Waals surface area contributed by atoms with Crippen molar-refractivity contribution in [2.45, 2.75) is 26.5 Å². The summed E-state index contributed by atoms with van der Waals surface area (Å²) in [5.41, 5.74) is 2.39. The van der Waals surface area contributed by atoms with Crippen LogP contribution < -0.4 is 9.47 Å². The molecule has 0 amide bonds. The van der Waals surface area contributed by atoms with Gasteiger partial charge in [0, 0.05) is 6.20 Å². The second-order valence-corrected chi connectivity index (χ2v) is 8.56. The van der Waals surface area contributed by atoms with E-state index in [1.54, 1.807) is 38.1 Å². The Balaban J connectivity index is 1.71. The number of esters is 1. The van der Waals surface area contributed by atoms with Crippen LogP contribution in [0.1, 0.15) is 31.0 Å². The molecule has 0 saturated heterocycles. The Labute approximate surface area is 200 Å². The zero-order chi connectivity index (χ0) is 23.5. The molecule has 4 rings (SSSR count). The Morgan fingerprint density at radius 2 is 2.12 bits per heavy atom. The van der Waals surface area contributed by atoms with Crippen LogP contribution in [0, 0.1) is 5.82 Å². The molecule has 0 fully saturated rings. The lowest BCUT2D eigenvalue weighted by molar-refractivity contribution is -0.139. The number of aliphatic imine (C=N–C) groups is 1. The molecule has 0 N–H and O–H groups in total. The lowest BCUT2D eigenvalue weighted by Gasteiger charge is -2.33. The number of ether oxygens (including phenoxy) is 3. The third kappa shape index (κ3) is 4.72. The Bertz CT molecular complexity index is 1180. The van der Waals surface area contributed by atoms with Crippen LogP contribution >= 0.6 is 23.4 Å². The van der Waals surface area contributed by atoms with E-state index in [0.29, 0.717) is 33.4 Å². The van der Waals surface area contributed by atoms with Gasteiger partial charge in [-0.1, -0.05) is 35.5 Å². The maximum Gasteiger partial charge on any atom is 0.338 e. The van der Waals surface area contributed by atoms with Crippen molar-refractivity contribution < 1.29 is 23.4 Å². The van der Waals surface area contributed by atoms with Crippen molar-refractivity contribution >= 4 is 34.5 Å². The summed E-state index contributed by atoms with van der Waals surface area (Å²) in [6.45, 7) is 3.92. The predicted molar refractivity (Wildman–Crippen MR) is 127 cm³/mol. The van der Waals surface area contributed by atoms with E-state index < -0.39 is 12.0 Å². The Morgan fingerprint density at radius 1 is 1.30 bits per heavy atom. The number of benzene rings is 2. The fraction of sp³-hybridized carbons (Fsp3) is 0.250. The highest BCUT2D eigenvalue weighted by molar-refractivity contribution is 8.16. The minimum Gasteiger partial charge on any atom is -0.493 e. The number of carbonyl (C=O) groups is 1. The largest absolute Gasteiger partial charge is 0.493 e. The van der Waals surface area contributed by atoms with Gasteiger partial charge < -0.3 is 19.1 Å². The van der Waals surface area contributed by atoms with Gasteiger partial charge in [-0.2, -0.15) is 0 Å². The molecular weight excluding hydrogens is 467 g/mol. The summed E-state index contributed by atoms with van der Waals surface area (Å²) in [5, 5.41) is 2.97. The average molecular weight is 489 g/mol. The number of fused-ring (bicyclic) bond motifs is 1. The molecule has 0 aliphatic carbocycles. The van der Waals surface area contributed by atoms with Crippen LogP contribution in [0.15, 0.2) is 64.3 Å². The van der Waals surface area contributed by atoms with E-state index in [9.17, 15) is 9.18 Å². The lowest BCUT2D eigenvalue weighted by atomic mass is 9.94. The van der Waals surface area contributed by atoms with E-state index >= 15 is 0 Å². The first-order valence-electron chi connectivity index (χ1n) is 10.3. The number of halogens is 2. The van der Waals surface area contributed by atoms with E-state index in [-0.39, 0.29) is 19.0 Å². The maximum atomic E-state index is 13.5. The minimum absolute atomic E-state index is 0.117. The summed E-state index contributed by atoms with van der Waals surface area (Å²) in [6.07, 6.45) is 1.87. The smallest absolute Gasteiger partial charge is 0.338 e. The van der Waals surface area contributed by atoms with E-state index in [1.807, 2.05) is 16.5 Å². The van der Waals surface area contributed by atoms with E-state index in [4.69, 9.17) is 25.8 Å². The van der Waals surface area contributed by atoms with Gasteiger partial charge >= 0.3 is 5.97 Å². The monoisotopic (exact) mass is 488 g/mol. The number of hydrogen-bond donors (Lipinski definition) is 0. The first-order chi connectivity index (χ1) is 15.9. The molecular formula is C24H22ClFN2O4S. The number of carbonyl (C=O) groups excluding carboxylic acids is 1. The number of thioether (sulfide) groups is 1. The van der Waals surface area contributed by atoms with E-state index in [0.717, 1.165) is 10.7 Å². The van der Waals surface area contributed by atoms with Crippen molar-refractivity contribution in [3.05, 3.63) is 81.2 Å². The molecule has 0 bridgehead atoms. The van der Waals surface area contributed by atoms with Gasteiger partial charge in [-0.25, -0.2) is 14.2 Å². The summed E-state index contributed by atoms with van der Waals surface area (Å²) in [6, 6.07) is 9.17. The lowest BCUT2D eigenvalue weighted by Crippen LogP contribution is -2.34. The van der Waals surface area contributed by atoms with E-state index in [2.05, 4.69) is 4.99 Å². The topological polar surface area (TPSA) is 60.4 Å². The van der Waals surface area contributed by atoms with Crippen LogP contribution in [0.2, 0.25) is 5.02 Å². The molecule has 1 atom stereocenters. The van der Waals surface area contributed by atoms with Crippen LogP contribution in [-0.2, 0) is 16.1 Å². The van der Waals surface area contributed by atoms with Crippen LogP contribution in [0.4, 0.5) is 4.39 Å². The molecule has 2 aliphatic heterocycles. The summed E-state index contributed by atoms with van der Waals surface area (Å²) < 4.78 is 30.3. The van der Waals surface area contributed by atoms with Crippen molar-refractivity contribution in [3.63, 3.8) is 0 Å². The van der Waals surface area contributed by atoms with Crippen LogP contribution in [0.5, 0.6) is 11.5 Å². The summed E-state index contributed by atoms with van der Waals surface area (Å²) >= 11 is 8.08. The van der Waals surface area contributed by atoms with Crippen molar-refractivity contribution in [1.82, 2.24) is 4.90 Å². The molecule has 9 heteroatoms. The minimum atomic E-state index is -0.494. The predicted octanol–water partition coefficient (Wildman–Crippen LogP) is 5.83. The normalized spacial score (nSPS) is 17.1. The highest BCUT2D eigenvalue weighted by Gasteiger charge is 2.38. The molecule has 0 unspecified atom stereocenters.